The molecule has 0 fully saturated rings. The zero-order valence-corrected chi connectivity index (χ0v) is 7.03. The molecule has 0 aliphatic rings. The Balaban J connectivity index is 3.06. The predicted molar refractivity (Wildman–Crippen MR) is 44.2 cm³/mol. The van der Waals surface area contributed by atoms with Crippen molar-refractivity contribution in [3.8, 4) is 12.3 Å². The summed E-state index contributed by atoms with van der Waals surface area (Å²) in [5.41, 5.74) is 0. The highest BCUT2D eigenvalue weighted by atomic mass is 35.5. The summed E-state index contributed by atoms with van der Waals surface area (Å²) in [5, 5.41) is 0.0801. The Hall–Kier alpha value is -0.190. The van der Waals surface area contributed by atoms with Crippen LogP contribution in [0.3, 0.4) is 0 Å². The van der Waals surface area contributed by atoms with E-state index in [4.69, 9.17) is 22.8 Å². The number of alkyl halides is 1. The monoisotopic (exact) mass is 160 g/mol. The molecular formula is C8H13ClO. The lowest BCUT2D eigenvalue weighted by molar-refractivity contribution is 0.144. The highest BCUT2D eigenvalue weighted by molar-refractivity contribution is 6.20. The number of terminal acetylenes is 1. The molecule has 0 saturated heterocycles. The molecule has 0 aromatic rings. The summed E-state index contributed by atoms with van der Waals surface area (Å²) in [5.74, 6) is 2.51. The van der Waals surface area contributed by atoms with Crippen LogP contribution in [-0.4, -0.2) is 18.6 Å². The van der Waals surface area contributed by atoms with Crippen molar-refractivity contribution in [3.05, 3.63) is 0 Å². The van der Waals surface area contributed by atoms with Crippen LogP contribution in [0.15, 0.2) is 0 Å². The smallest absolute Gasteiger partial charge is 0.0480 e. The van der Waals surface area contributed by atoms with Crippen LogP contribution in [0.25, 0.3) is 0 Å². The number of ether oxygens (including phenoxy) is 1. The van der Waals surface area contributed by atoms with E-state index in [-0.39, 0.29) is 5.38 Å². The van der Waals surface area contributed by atoms with E-state index < -0.39 is 0 Å². The van der Waals surface area contributed by atoms with Crippen LogP contribution in [0.5, 0.6) is 0 Å². The van der Waals surface area contributed by atoms with Gasteiger partial charge >= 0.3 is 0 Å². The number of halogens is 1. The summed E-state index contributed by atoms with van der Waals surface area (Å²) in [6.45, 7) is 3.43. The first-order valence-corrected chi connectivity index (χ1v) is 3.90. The zero-order chi connectivity index (χ0) is 7.82. The maximum absolute atomic E-state index is 5.79. The van der Waals surface area contributed by atoms with Gasteiger partial charge in [-0.25, -0.2) is 0 Å². The van der Waals surface area contributed by atoms with Gasteiger partial charge in [-0.2, -0.15) is 0 Å². The van der Waals surface area contributed by atoms with Crippen LogP contribution in [0.4, 0.5) is 0 Å². The summed E-state index contributed by atoms with van der Waals surface area (Å²) in [6.07, 6.45) is 6.54. The largest absolute Gasteiger partial charge is 0.382 e. The van der Waals surface area contributed by atoms with Crippen LogP contribution in [0.1, 0.15) is 19.8 Å². The van der Waals surface area contributed by atoms with Gasteiger partial charge < -0.3 is 4.74 Å². The van der Waals surface area contributed by atoms with Gasteiger partial charge in [-0.3, -0.25) is 0 Å². The standard InChI is InChI=1S/C8H13ClO/c1-3-5-8(9)6-7-10-4-2/h1,8H,4-7H2,2H3. The lowest BCUT2D eigenvalue weighted by atomic mass is 10.2. The van der Waals surface area contributed by atoms with Gasteiger partial charge in [0.25, 0.3) is 0 Å². The van der Waals surface area contributed by atoms with Gasteiger partial charge in [0, 0.05) is 25.0 Å². The van der Waals surface area contributed by atoms with Crippen LogP contribution in [-0.2, 0) is 4.74 Å². The molecule has 58 valence electrons. The van der Waals surface area contributed by atoms with Crippen molar-refractivity contribution in [2.75, 3.05) is 13.2 Å². The van der Waals surface area contributed by atoms with Crippen molar-refractivity contribution in [3.63, 3.8) is 0 Å². The third-order valence-corrected chi connectivity index (χ3v) is 1.49. The Morgan fingerprint density at radius 2 is 2.40 bits per heavy atom. The Morgan fingerprint density at radius 3 is 2.90 bits per heavy atom. The molecule has 0 bridgehead atoms. The third-order valence-electron chi connectivity index (χ3n) is 1.12. The highest BCUT2D eigenvalue weighted by Crippen LogP contribution is 2.05. The molecule has 0 aliphatic carbocycles. The van der Waals surface area contributed by atoms with Gasteiger partial charge in [-0.1, -0.05) is 0 Å². The first kappa shape index (κ1) is 9.81. The van der Waals surface area contributed by atoms with E-state index in [1.807, 2.05) is 6.92 Å². The third kappa shape index (κ3) is 5.94. The fraction of sp³-hybridized carbons (Fsp3) is 0.750. The normalized spacial score (nSPS) is 12.5. The molecule has 0 rings (SSSR count). The molecule has 1 nitrogen and oxygen atoms in total. The lowest BCUT2D eigenvalue weighted by Crippen LogP contribution is -2.03. The van der Waals surface area contributed by atoms with Crippen LogP contribution >= 0.6 is 11.6 Å². The van der Waals surface area contributed by atoms with E-state index in [0.717, 1.165) is 13.0 Å². The Labute approximate surface area is 67.7 Å². The van der Waals surface area contributed by atoms with E-state index in [2.05, 4.69) is 5.92 Å². The predicted octanol–water partition coefficient (Wildman–Crippen LogP) is 2.04. The molecule has 0 aromatic carbocycles. The first-order valence-electron chi connectivity index (χ1n) is 3.46. The van der Waals surface area contributed by atoms with Gasteiger partial charge in [0.1, 0.15) is 0 Å². The fourth-order valence-electron chi connectivity index (χ4n) is 0.585. The second kappa shape index (κ2) is 6.92. The first-order chi connectivity index (χ1) is 4.81. The molecule has 0 N–H and O–H groups in total. The minimum absolute atomic E-state index is 0.0801. The van der Waals surface area contributed by atoms with Crippen molar-refractivity contribution in [2.24, 2.45) is 0 Å². The second-order valence-electron chi connectivity index (χ2n) is 1.99. The molecule has 0 aromatic heterocycles. The van der Waals surface area contributed by atoms with Gasteiger partial charge in [0.15, 0.2) is 0 Å². The maximum atomic E-state index is 5.79. The summed E-state index contributed by atoms with van der Waals surface area (Å²) in [7, 11) is 0. The zero-order valence-electron chi connectivity index (χ0n) is 6.27. The van der Waals surface area contributed by atoms with E-state index in [1.54, 1.807) is 0 Å². The Bertz CT molecular complexity index is 106. The van der Waals surface area contributed by atoms with E-state index >= 15 is 0 Å². The molecule has 0 aliphatic heterocycles. The van der Waals surface area contributed by atoms with Gasteiger partial charge in [0.2, 0.25) is 0 Å². The summed E-state index contributed by atoms with van der Waals surface area (Å²) in [4.78, 5) is 0. The molecule has 10 heavy (non-hydrogen) atoms. The van der Waals surface area contributed by atoms with Crippen molar-refractivity contribution in [2.45, 2.75) is 25.1 Å². The molecule has 0 saturated carbocycles. The van der Waals surface area contributed by atoms with Crippen LogP contribution < -0.4 is 0 Å². The Morgan fingerprint density at radius 1 is 1.70 bits per heavy atom. The van der Waals surface area contributed by atoms with Crippen LogP contribution in [0.2, 0.25) is 0 Å². The molecular weight excluding hydrogens is 148 g/mol. The van der Waals surface area contributed by atoms with Gasteiger partial charge in [0.05, 0.1) is 0 Å². The minimum Gasteiger partial charge on any atom is -0.382 e. The summed E-state index contributed by atoms with van der Waals surface area (Å²) >= 11 is 5.79. The SMILES string of the molecule is C#CCC(Cl)CCOCC. The van der Waals surface area contributed by atoms with E-state index in [0.29, 0.717) is 13.0 Å². The van der Waals surface area contributed by atoms with Gasteiger partial charge in [-0.15, -0.1) is 23.9 Å². The van der Waals surface area contributed by atoms with Gasteiger partial charge in [-0.05, 0) is 13.3 Å². The Kier molecular flexibility index (Phi) is 6.79. The molecule has 0 spiro atoms. The summed E-state index contributed by atoms with van der Waals surface area (Å²) < 4.78 is 5.10. The molecule has 2 heteroatoms. The number of hydrogen-bond acceptors (Lipinski definition) is 1. The maximum Gasteiger partial charge on any atom is 0.0480 e. The molecule has 1 unspecified atom stereocenters. The van der Waals surface area contributed by atoms with Crippen LogP contribution in [0, 0.1) is 12.3 Å². The molecule has 0 radical (unpaired) electrons. The minimum atomic E-state index is 0.0801. The molecule has 0 amide bonds. The summed E-state index contributed by atoms with van der Waals surface area (Å²) in [6, 6.07) is 0. The van der Waals surface area contributed by atoms with Crippen molar-refractivity contribution in [1.29, 1.82) is 0 Å². The quantitative estimate of drug-likeness (QED) is 0.340. The van der Waals surface area contributed by atoms with E-state index in [1.165, 1.54) is 0 Å². The van der Waals surface area contributed by atoms with Crippen molar-refractivity contribution >= 4 is 11.6 Å². The fourth-order valence-corrected chi connectivity index (χ4v) is 0.764. The van der Waals surface area contributed by atoms with Crippen molar-refractivity contribution in [1.82, 2.24) is 0 Å². The second-order valence-corrected chi connectivity index (χ2v) is 2.61. The average Bonchev–Trinajstić information content (AvgIpc) is 1.89. The highest BCUT2D eigenvalue weighted by Gasteiger charge is 2.00. The topological polar surface area (TPSA) is 9.23 Å². The lowest BCUT2D eigenvalue weighted by Gasteiger charge is -2.04. The molecule has 1 atom stereocenters. The van der Waals surface area contributed by atoms with E-state index in [9.17, 15) is 0 Å². The number of rotatable bonds is 5. The van der Waals surface area contributed by atoms with Crippen molar-refractivity contribution < 1.29 is 4.74 Å². The molecule has 0 heterocycles. The number of hydrogen-bond donors (Lipinski definition) is 0. The average molecular weight is 161 g/mol.